The Morgan fingerprint density at radius 3 is 2.26 bits per heavy atom. The Bertz CT molecular complexity index is 1040. The van der Waals surface area contributed by atoms with Gasteiger partial charge in [-0.3, -0.25) is 9.59 Å². The number of carbonyl (C=O) groups is 2. The number of hydrogen-bond donors (Lipinski definition) is 0. The van der Waals surface area contributed by atoms with E-state index in [0.717, 1.165) is 22.6 Å². The minimum absolute atomic E-state index is 0.110. The SMILES string of the molecule is COCCN(CC(=O)N1N=C(c2ccc(OC)cc2)C[C@H]1c1cc(OC)ccc1OC)C(C)=O. The van der Waals surface area contributed by atoms with Crippen LogP contribution >= 0.6 is 0 Å². The van der Waals surface area contributed by atoms with Gasteiger partial charge in [-0.25, -0.2) is 5.01 Å². The maximum absolute atomic E-state index is 13.4. The molecule has 0 unspecified atom stereocenters. The second-order valence-electron chi connectivity index (χ2n) is 7.77. The van der Waals surface area contributed by atoms with E-state index in [-0.39, 0.29) is 18.4 Å². The molecule has 1 heterocycles. The average Bonchev–Trinajstić information content (AvgIpc) is 3.31. The van der Waals surface area contributed by atoms with E-state index < -0.39 is 6.04 Å². The molecule has 1 atom stereocenters. The van der Waals surface area contributed by atoms with Gasteiger partial charge in [0.2, 0.25) is 5.91 Å². The van der Waals surface area contributed by atoms with Gasteiger partial charge in [0.15, 0.2) is 0 Å². The summed E-state index contributed by atoms with van der Waals surface area (Å²) >= 11 is 0. The van der Waals surface area contributed by atoms with E-state index in [9.17, 15) is 9.59 Å². The highest BCUT2D eigenvalue weighted by molar-refractivity contribution is 6.03. The van der Waals surface area contributed by atoms with Gasteiger partial charge in [-0.2, -0.15) is 5.10 Å². The van der Waals surface area contributed by atoms with E-state index in [2.05, 4.69) is 5.10 Å². The first-order chi connectivity index (χ1) is 16.4. The molecule has 3 rings (SSSR count). The number of ether oxygens (including phenoxy) is 4. The van der Waals surface area contributed by atoms with Crippen LogP contribution in [0.15, 0.2) is 47.6 Å². The third kappa shape index (κ3) is 5.66. The molecule has 2 amide bonds. The fourth-order valence-electron chi connectivity index (χ4n) is 3.83. The van der Waals surface area contributed by atoms with E-state index in [4.69, 9.17) is 18.9 Å². The lowest BCUT2D eigenvalue weighted by Crippen LogP contribution is -2.41. The molecule has 1 aliphatic heterocycles. The van der Waals surface area contributed by atoms with Gasteiger partial charge in [-0.05, 0) is 48.0 Å². The van der Waals surface area contributed by atoms with E-state index in [1.807, 2.05) is 36.4 Å². The Morgan fingerprint density at radius 1 is 1.00 bits per heavy atom. The van der Waals surface area contributed by atoms with Crippen molar-refractivity contribution >= 4 is 17.5 Å². The lowest BCUT2D eigenvalue weighted by atomic mass is 9.97. The Kier molecular flexibility index (Phi) is 8.48. The molecule has 0 fully saturated rings. The highest BCUT2D eigenvalue weighted by Crippen LogP contribution is 2.39. The third-order valence-corrected chi connectivity index (χ3v) is 5.72. The molecule has 0 radical (unpaired) electrons. The van der Waals surface area contributed by atoms with Crippen LogP contribution in [-0.4, -0.2) is 75.6 Å². The van der Waals surface area contributed by atoms with Crippen LogP contribution in [0.2, 0.25) is 0 Å². The van der Waals surface area contributed by atoms with Crippen LogP contribution in [0, 0.1) is 0 Å². The number of nitrogens with zero attached hydrogens (tertiary/aromatic N) is 3. The summed E-state index contributed by atoms with van der Waals surface area (Å²) in [5, 5.41) is 6.13. The summed E-state index contributed by atoms with van der Waals surface area (Å²) in [5.41, 5.74) is 2.40. The number of hydrogen-bond acceptors (Lipinski definition) is 7. The highest BCUT2D eigenvalue weighted by atomic mass is 16.5. The fourth-order valence-corrected chi connectivity index (χ4v) is 3.83. The summed E-state index contributed by atoms with van der Waals surface area (Å²) in [5.74, 6) is 1.49. The molecule has 2 aromatic rings. The molecule has 0 aromatic heterocycles. The van der Waals surface area contributed by atoms with E-state index in [0.29, 0.717) is 31.1 Å². The summed E-state index contributed by atoms with van der Waals surface area (Å²) in [6.07, 6.45) is 0.472. The van der Waals surface area contributed by atoms with E-state index in [1.165, 1.54) is 16.8 Å². The van der Waals surface area contributed by atoms with Gasteiger partial charge in [0, 0.05) is 32.6 Å². The van der Waals surface area contributed by atoms with Crippen molar-refractivity contribution in [2.24, 2.45) is 5.10 Å². The Morgan fingerprint density at radius 2 is 1.68 bits per heavy atom. The van der Waals surface area contributed by atoms with Gasteiger partial charge < -0.3 is 23.8 Å². The van der Waals surface area contributed by atoms with E-state index in [1.54, 1.807) is 34.5 Å². The zero-order chi connectivity index (χ0) is 24.7. The number of benzene rings is 2. The molecule has 34 heavy (non-hydrogen) atoms. The Labute approximate surface area is 199 Å². The Hall–Kier alpha value is -3.59. The average molecular weight is 470 g/mol. The number of amides is 2. The van der Waals surface area contributed by atoms with Gasteiger partial charge >= 0.3 is 0 Å². The predicted molar refractivity (Wildman–Crippen MR) is 127 cm³/mol. The zero-order valence-electron chi connectivity index (χ0n) is 20.2. The first-order valence-corrected chi connectivity index (χ1v) is 10.9. The molecule has 0 N–H and O–H groups in total. The molecule has 9 nitrogen and oxygen atoms in total. The quantitative estimate of drug-likeness (QED) is 0.532. The van der Waals surface area contributed by atoms with Crippen molar-refractivity contribution in [3.05, 3.63) is 53.6 Å². The standard InChI is InChI=1S/C25H31N3O6/c1-17(29)27(12-13-31-2)16-25(30)28-23(21-14-20(33-4)10-11-24(21)34-5)15-22(26-28)18-6-8-19(32-3)9-7-18/h6-11,14,23H,12-13,15-16H2,1-5H3/t23-/m0/s1. The van der Waals surface area contributed by atoms with Crippen LogP contribution < -0.4 is 14.2 Å². The molecule has 0 bridgehead atoms. The Balaban J connectivity index is 1.98. The third-order valence-electron chi connectivity index (χ3n) is 5.72. The van der Waals surface area contributed by atoms with Crippen LogP contribution in [0.1, 0.15) is 30.5 Å². The molecule has 9 heteroatoms. The largest absolute Gasteiger partial charge is 0.497 e. The van der Waals surface area contributed by atoms with Crippen molar-refractivity contribution in [3.8, 4) is 17.2 Å². The zero-order valence-corrected chi connectivity index (χ0v) is 20.2. The molecule has 0 aliphatic carbocycles. The molecule has 0 saturated carbocycles. The lowest BCUT2D eigenvalue weighted by molar-refractivity contribution is -0.141. The molecular formula is C25H31N3O6. The van der Waals surface area contributed by atoms with Crippen LogP contribution in [-0.2, 0) is 14.3 Å². The minimum Gasteiger partial charge on any atom is -0.497 e. The lowest BCUT2D eigenvalue weighted by Gasteiger charge is -2.27. The first-order valence-electron chi connectivity index (χ1n) is 10.9. The van der Waals surface area contributed by atoms with Gasteiger partial charge in [0.05, 0.1) is 39.7 Å². The van der Waals surface area contributed by atoms with Crippen LogP contribution in [0.25, 0.3) is 0 Å². The number of carbonyl (C=O) groups excluding carboxylic acids is 2. The van der Waals surface area contributed by atoms with Gasteiger partial charge in [0.1, 0.15) is 23.8 Å². The molecule has 2 aromatic carbocycles. The molecule has 0 spiro atoms. The van der Waals surface area contributed by atoms with Gasteiger partial charge in [-0.1, -0.05) is 0 Å². The van der Waals surface area contributed by atoms with Crippen LogP contribution in [0.3, 0.4) is 0 Å². The number of methoxy groups -OCH3 is 4. The molecule has 182 valence electrons. The monoisotopic (exact) mass is 469 g/mol. The maximum atomic E-state index is 13.4. The van der Waals surface area contributed by atoms with Crippen LogP contribution in [0.5, 0.6) is 17.2 Å². The highest BCUT2D eigenvalue weighted by Gasteiger charge is 2.36. The molecular weight excluding hydrogens is 438 g/mol. The molecule has 0 saturated heterocycles. The van der Waals surface area contributed by atoms with Crippen molar-refractivity contribution in [2.75, 3.05) is 48.1 Å². The fraction of sp³-hybridized carbons (Fsp3) is 0.400. The minimum atomic E-state index is -0.425. The van der Waals surface area contributed by atoms with Gasteiger partial charge in [-0.15, -0.1) is 0 Å². The maximum Gasteiger partial charge on any atom is 0.262 e. The summed E-state index contributed by atoms with van der Waals surface area (Å²) in [4.78, 5) is 27.0. The van der Waals surface area contributed by atoms with Crippen LogP contribution in [0.4, 0.5) is 0 Å². The predicted octanol–water partition coefficient (Wildman–Crippen LogP) is 2.89. The number of rotatable bonds is 10. The van der Waals surface area contributed by atoms with Crippen molar-refractivity contribution < 1.29 is 28.5 Å². The second-order valence-corrected chi connectivity index (χ2v) is 7.77. The first kappa shape index (κ1) is 25.0. The smallest absolute Gasteiger partial charge is 0.262 e. The number of hydrazone groups is 1. The summed E-state index contributed by atoms with van der Waals surface area (Å²) < 4.78 is 21.3. The summed E-state index contributed by atoms with van der Waals surface area (Å²) in [6.45, 7) is 1.97. The second kappa shape index (κ2) is 11.5. The topological polar surface area (TPSA) is 89.9 Å². The van der Waals surface area contributed by atoms with Crippen molar-refractivity contribution in [1.82, 2.24) is 9.91 Å². The summed E-state index contributed by atoms with van der Waals surface area (Å²) in [6, 6.07) is 12.6. The normalized spacial score (nSPS) is 15.0. The molecule has 1 aliphatic rings. The van der Waals surface area contributed by atoms with Gasteiger partial charge in [0.25, 0.3) is 5.91 Å². The van der Waals surface area contributed by atoms with Crippen molar-refractivity contribution in [1.29, 1.82) is 0 Å². The summed E-state index contributed by atoms with van der Waals surface area (Å²) in [7, 11) is 6.33. The van der Waals surface area contributed by atoms with E-state index >= 15 is 0 Å². The van der Waals surface area contributed by atoms with Crippen molar-refractivity contribution in [3.63, 3.8) is 0 Å². The van der Waals surface area contributed by atoms with Crippen molar-refractivity contribution in [2.45, 2.75) is 19.4 Å².